The zero-order valence-electron chi connectivity index (χ0n) is 14.1. The van der Waals surface area contributed by atoms with E-state index in [0.29, 0.717) is 11.5 Å². The second kappa shape index (κ2) is 6.95. The number of imidazole rings is 1. The number of nitrogens with one attached hydrogen (secondary N) is 1. The number of carbonyl (C=O) groups excluding carboxylic acids is 1. The maximum Gasteiger partial charge on any atom is 0.244 e. The van der Waals surface area contributed by atoms with Gasteiger partial charge in [0.15, 0.2) is 5.82 Å². The predicted octanol–water partition coefficient (Wildman–Crippen LogP) is 4.02. The van der Waals surface area contributed by atoms with E-state index in [1.54, 1.807) is 22.9 Å². The van der Waals surface area contributed by atoms with Gasteiger partial charge in [-0.15, -0.1) is 0 Å². The van der Waals surface area contributed by atoms with Crippen molar-refractivity contribution in [3.05, 3.63) is 78.5 Å². The summed E-state index contributed by atoms with van der Waals surface area (Å²) in [5, 5.41) is 2.47. The third-order valence-corrected chi connectivity index (χ3v) is 4.06. The number of anilines is 1. The summed E-state index contributed by atoms with van der Waals surface area (Å²) in [4.78, 5) is 21.4. The van der Waals surface area contributed by atoms with E-state index in [1.165, 1.54) is 6.07 Å². The third-order valence-electron chi connectivity index (χ3n) is 4.06. The zero-order valence-corrected chi connectivity index (χ0v) is 14.1. The standard InChI is InChI=1S/C20H14F2N4O/c21-13-8-9-15(14(22)11-13)24-19(27)12-26-18-7-2-1-5-16(18)25-20(26)17-6-3-4-10-23-17/h1-11H,12H2,(H,24,27). The second-order valence-corrected chi connectivity index (χ2v) is 5.90. The van der Waals surface area contributed by atoms with Crippen LogP contribution in [0.5, 0.6) is 0 Å². The first kappa shape index (κ1) is 16.8. The van der Waals surface area contributed by atoms with Gasteiger partial charge in [-0.2, -0.15) is 0 Å². The summed E-state index contributed by atoms with van der Waals surface area (Å²) in [6.45, 7) is -0.0940. The Morgan fingerprint density at radius 2 is 1.85 bits per heavy atom. The zero-order chi connectivity index (χ0) is 18.8. The van der Waals surface area contributed by atoms with Crippen LogP contribution in [0.15, 0.2) is 66.9 Å². The van der Waals surface area contributed by atoms with Crippen molar-refractivity contribution in [2.24, 2.45) is 0 Å². The van der Waals surface area contributed by atoms with Gasteiger partial charge in [0.1, 0.15) is 23.9 Å². The van der Waals surface area contributed by atoms with Crippen LogP contribution in [0, 0.1) is 11.6 Å². The van der Waals surface area contributed by atoms with Crippen LogP contribution < -0.4 is 5.32 Å². The number of aromatic nitrogens is 3. The molecule has 7 heteroatoms. The minimum absolute atomic E-state index is 0.0785. The van der Waals surface area contributed by atoms with E-state index in [1.807, 2.05) is 30.3 Å². The maximum atomic E-state index is 13.8. The molecule has 0 unspecified atom stereocenters. The number of para-hydroxylation sites is 2. The van der Waals surface area contributed by atoms with Crippen molar-refractivity contribution >= 4 is 22.6 Å². The Labute approximate surface area is 153 Å². The molecule has 0 radical (unpaired) electrons. The fourth-order valence-electron chi connectivity index (χ4n) is 2.85. The van der Waals surface area contributed by atoms with Crippen molar-refractivity contribution in [3.63, 3.8) is 0 Å². The molecule has 2 heterocycles. The molecule has 5 nitrogen and oxygen atoms in total. The fraction of sp³-hybridized carbons (Fsp3) is 0.0500. The van der Waals surface area contributed by atoms with Gasteiger partial charge >= 0.3 is 0 Å². The number of nitrogens with zero attached hydrogens (tertiary/aromatic N) is 3. The summed E-state index contributed by atoms with van der Waals surface area (Å²) in [6.07, 6.45) is 1.65. The van der Waals surface area contributed by atoms with Crippen LogP contribution in [0.2, 0.25) is 0 Å². The fourth-order valence-corrected chi connectivity index (χ4v) is 2.85. The van der Waals surface area contributed by atoms with E-state index in [0.717, 1.165) is 23.2 Å². The first-order valence-electron chi connectivity index (χ1n) is 8.23. The first-order valence-corrected chi connectivity index (χ1v) is 8.23. The molecule has 0 saturated carbocycles. The Hall–Kier alpha value is -3.61. The highest BCUT2D eigenvalue weighted by atomic mass is 19.1. The highest BCUT2D eigenvalue weighted by Crippen LogP contribution is 2.23. The number of benzene rings is 2. The van der Waals surface area contributed by atoms with Crippen LogP contribution >= 0.6 is 0 Å². The molecule has 0 spiro atoms. The number of hydrogen-bond acceptors (Lipinski definition) is 3. The Morgan fingerprint density at radius 1 is 1.04 bits per heavy atom. The van der Waals surface area contributed by atoms with Gasteiger partial charge in [-0.25, -0.2) is 13.8 Å². The third kappa shape index (κ3) is 3.39. The van der Waals surface area contributed by atoms with Gasteiger partial charge < -0.3 is 9.88 Å². The van der Waals surface area contributed by atoms with Crippen LogP contribution in [0.4, 0.5) is 14.5 Å². The Morgan fingerprint density at radius 3 is 2.63 bits per heavy atom. The highest BCUT2D eigenvalue weighted by Gasteiger charge is 2.16. The van der Waals surface area contributed by atoms with Crippen molar-refractivity contribution in [3.8, 4) is 11.5 Å². The van der Waals surface area contributed by atoms with E-state index >= 15 is 0 Å². The summed E-state index contributed by atoms with van der Waals surface area (Å²) in [5.41, 5.74) is 2.02. The molecular weight excluding hydrogens is 350 g/mol. The highest BCUT2D eigenvalue weighted by molar-refractivity contribution is 5.92. The molecule has 0 aliphatic heterocycles. The molecule has 27 heavy (non-hydrogen) atoms. The minimum atomic E-state index is -0.830. The second-order valence-electron chi connectivity index (χ2n) is 5.90. The largest absolute Gasteiger partial charge is 0.322 e. The quantitative estimate of drug-likeness (QED) is 0.595. The monoisotopic (exact) mass is 364 g/mol. The van der Waals surface area contributed by atoms with Gasteiger partial charge in [-0.1, -0.05) is 18.2 Å². The van der Waals surface area contributed by atoms with E-state index in [9.17, 15) is 13.6 Å². The number of pyridine rings is 1. The average molecular weight is 364 g/mol. The van der Waals surface area contributed by atoms with E-state index < -0.39 is 17.5 Å². The lowest BCUT2D eigenvalue weighted by molar-refractivity contribution is -0.116. The van der Waals surface area contributed by atoms with Gasteiger partial charge in [-0.3, -0.25) is 9.78 Å². The number of halogens is 2. The van der Waals surface area contributed by atoms with Crippen LogP contribution in [-0.4, -0.2) is 20.4 Å². The van der Waals surface area contributed by atoms with Gasteiger partial charge in [0.25, 0.3) is 0 Å². The van der Waals surface area contributed by atoms with Crippen LogP contribution in [0.3, 0.4) is 0 Å². The molecule has 0 atom stereocenters. The Bertz CT molecular complexity index is 1130. The SMILES string of the molecule is O=C(Cn1c(-c2ccccn2)nc2ccccc21)Nc1ccc(F)cc1F. The Balaban J connectivity index is 1.69. The van der Waals surface area contributed by atoms with Crippen molar-refractivity contribution in [2.45, 2.75) is 6.54 Å². The van der Waals surface area contributed by atoms with Crippen molar-refractivity contribution < 1.29 is 13.6 Å². The molecule has 2 aromatic heterocycles. The number of amides is 1. The number of fused-ring (bicyclic) bond motifs is 1. The lowest BCUT2D eigenvalue weighted by Crippen LogP contribution is -2.20. The molecular formula is C20H14F2N4O. The van der Waals surface area contributed by atoms with E-state index in [-0.39, 0.29) is 12.2 Å². The van der Waals surface area contributed by atoms with Crippen LogP contribution in [-0.2, 0) is 11.3 Å². The molecule has 0 saturated heterocycles. The van der Waals surface area contributed by atoms with E-state index in [4.69, 9.17) is 0 Å². The van der Waals surface area contributed by atoms with Gasteiger partial charge in [0.2, 0.25) is 5.91 Å². The summed E-state index contributed by atoms with van der Waals surface area (Å²) < 4.78 is 28.6. The summed E-state index contributed by atoms with van der Waals surface area (Å²) in [5.74, 6) is -1.46. The number of carbonyl (C=O) groups is 1. The molecule has 1 amide bonds. The van der Waals surface area contributed by atoms with Crippen LogP contribution in [0.25, 0.3) is 22.6 Å². The van der Waals surface area contributed by atoms with Crippen LogP contribution in [0.1, 0.15) is 0 Å². The summed E-state index contributed by atoms with van der Waals surface area (Å²) >= 11 is 0. The average Bonchev–Trinajstić information content (AvgIpc) is 3.03. The van der Waals surface area contributed by atoms with Gasteiger partial charge in [-0.05, 0) is 36.4 Å². The van der Waals surface area contributed by atoms with E-state index in [2.05, 4.69) is 15.3 Å². The summed E-state index contributed by atoms with van der Waals surface area (Å²) in [7, 11) is 0. The normalized spacial score (nSPS) is 10.9. The molecule has 4 aromatic rings. The smallest absolute Gasteiger partial charge is 0.244 e. The Kier molecular flexibility index (Phi) is 4.33. The molecule has 1 N–H and O–H groups in total. The lowest BCUT2D eigenvalue weighted by atomic mass is 10.3. The topological polar surface area (TPSA) is 59.8 Å². The molecule has 0 aliphatic rings. The first-order chi connectivity index (χ1) is 13.1. The predicted molar refractivity (Wildman–Crippen MR) is 98.0 cm³/mol. The maximum absolute atomic E-state index is 13.8. The lowest BCUT2D eigenvalue weighted by Gasteiger charge is -2.10. The molecule has 0 aliphatic carbocycles. The molecule has 4 rings (SSSR count). The van der Waals surface area contributed by atoms with Crippen molar-refractivity contribution in [1.29, 1.82) is 0 Å². The molecule has 0 bridgehead atoms. The van der Waals surface area contributed by atoms with Crippen molar-refractivity contribution in [2.75, 3.05) is 5.32 Å². The summed E-state index contributed by atoms with van der Waals surface area (Å²) in [6, 6.07) is 15.8. The number of rotatable bonds is 4. The number of hydrogen-bond donors (Lipinski definition) is 1. The minimum Gasteiger partial charge on any atom is -0.322 e. The molecule has 134 valence electrons. The van der Waals surface area contributed by atoms with Gasteiger partial charge in [0.05, 0.1) is 16.7 Å². The molecule has 2 aromatic carbocycles. The van der Waals surface area contributed by atoms with Gasteiger partial charge in [0, 0.05) is 12.3 Å². The molecule has 0 fully saturated rings. The van der Waals surface area contributed by atoms with Crippen molar-refractivity contribution in [1.82, 2.24) is 14.5 Å².